The molecule has 0 aliphatic rings. The molecule has 4 rings (SSSR count). The van der Waals surface area contributed by atoms with Gasteiger partial charge in [0.15, 0.2) is 0 Å². The Kier molecular flexibility index (Phi) is 4.84. The average Bonchev–Trinajstić information content (AvgIpc) is 3.37. The van der Waals surface area contributed by atoms with Crippen LogP contribution in [0.2, 0.25) is 0 Å². The number of thiophene rings is 2. The first-order valence-electron chi connectivity index (χ1n) is 8.28. The zero-order valence-corrected chi connectivity index (χ0v) is 15.5. The average molecular weight is 380 g/mol. The van der Waals surface area contributed by atoms with Crippen LogP contribution in [0.4, 0.5) is 0 Å². The molecule has 0 fully saturated rings. The zero-order valence-electron chi connectivity index (χ0n) is 13.9. The minimum Gasteiger partial charge on any atom is -0.382 e. The fourth-order valence-corrected chi connectivity index (χ4v) is 4.67. The normalized spacial score (nSPS) is 12.2. The van der Waals surface area contributed by atoms with Gasteiger partial charge < -0.3 is 10.4 Å². The van der Waals surface area contributed by atoms with Crippen molar-refractivity contribution < 1.29 is 9.90 Å². The topological polar surface area (TPSA) is 49.3 Å². The number of aliphatic hydroxyl groups excluding tert-OH is 1. The van der Waals surface area contributed by atoms with Crippen molar-refractivity contribution in [1.82, 2.24) is 5.32 Å². The summed E-state index contributed by atoms with van der Waals surface area (Å²) in [6, 6.07) is 21.4. The molecule has 5 heteroatoms. The predicted molar refractivity (Wildman–Crippen MR) is 108 cm³/mol. The molecule has 2 aromatic heterocycles. The number of fused-ring (bicyclic) bond motifs is 1. The summed E-state index contributed by atoms with van der Waals surface area (Å²) in [5.41, 5.74) is 0.679. The smallest absolute Gasteiger partial charge is 0.252 e. The highest BCUT2D eigenvalue weighted by Gasteiger charge is 2.15. The molecule has 0 saturated heterocycles. The second kappa shape index (κ2) is 7.41. The third-order valence-corrected chi connectivity index (χ3v) is 6.28. The van der Waals surface area contributed by atoms with Crippen LogP contribution in [-0.4, -0.2) is 11.0 Å². The summed E-state index contributed by atoms with van der Waals surface area (Å²) >= 11 is 3.06. The SMILES string of the molecule is O=C(NCc1ccc([C@@H](O)c2cccs2)s1)c1cccc2ccccc12. The van der Waals surface area contributed by atoms with E-state index in [0.29, 0.717) is 12.1 Å². The molecule has 2 aromatic carbocycles. The Balaban J connectivity index is 1.46. The molecule has 0 bridgehead atoms. The summed E-state index contributed by atoms with van der Waals surface area (Å²) in [6.45, 7) is 0.448. The molecule has 0 aliphatic heterocycles. The Morgan fingerprint density at radius 3 is 2.65 bits per heavy atom. The molecule has 0 aliphatic carbocycles. The van der Waals surface area contributed by atoms with E-state index in [1.807, 2.05) is 72.1 Å². The van der Waals surface area contributed by atoms with Crippen LogP contribution in [0.15, 0.2) is 72.1 Å². The number of carbonyl (C=O) groups is 1. The highest BCUT2D eigenvalue weighted by Crippen LogP contribution is 2.31. The van der Waals surface area contributed by atoms with E-state index in [-0.39, 0.29) is 5.91 Å². The molecule has 4 aromatic rings. The van der Waals surface area contributed by atoms with E-state index in [2.05, 4.69) is 5.32 Å². The van der Waals surface area contributed by atoms with Gasteiger partial charge in [-0.1, -0.05) is 42.5 Å². The zero-order chi connectivity index (χ0) is 17.9. The van der Waals surface area contributed by atoms with Crippen LogP contribution < -0.4 is 5.32 Å². The number of amides is 1. The van der Waals surface area contributed by atoms with E-state index in [9.17, 15) is 9.90 Å². The number of aliphatic hydroxyl groups is 1. The first-order chi connectivity index (χ1) is 12.7. The minimum absolute atomic E-state index is 0.0874. The Hall–Kier alpha value is -2.47. The monoisotopic (exact) mass is 379 g/mol. The Morgan fingerprint density at radius 2 is 1.81 bits per heavy atom. The van der Waals surface area contributed by atoms with Crippen molar-refractivity contribution in [3.05, 3.63) is 92.3 Å². The summed E-state index contributed by atoms with van der Waals surface area (Å²) in [5, 5.41) is 17.3. The van der Waals surface area contributed by atoms with E-state index < -0.39 is 6.10 Å². The lowest BCUT2D eigenvalue weighted by atomic mass is 10.0. The fourth-order valence-electron chi connectivity index (χ4n) is 2.91. The second-order valence-electron chi connectivity index (χ2n) is 5.93. The molecule has 3 nitrogen and oxygen atoms in total. The molecule has 2 heterocycles. The van der Waals surface area contributed by atoms with Gasteiger partial charge in [-0.2, -0.15) is 0 Å². The van der Waals surface area contributed by atoms with Gasteiger partial charge in [-0.05, 0) is 40.4 Å². The van der Waals surface area contributed by atoms with Crippen LogP contribution in [0.25, 0.3) is 10.8 Å². The van der Waals surface area contributed by atoms with E-state index in [1.165, 1.54) is 22.7 Å². The van der Waals surface area contributed by atoms with Crippen molar-refractivity contribution in [2.45, 2.75) is 12.6 Å². The lowest BCUT2D eigenvalue weighted by Crippen LogP contribution is -2.22. The molecule has 0 spiro atoms. The van der Waals surface area contributed by atoms with Gasteiger partial charge in [0.05, 0.1) is 6.54 Å². The number of rotatable bonds is 5. The predicted octanol–water partition coefficient (Wildman–Crippen LogP) is 4.97. The van der Waals surface area contributed by atoms with E-state index in [4.69, 9.17) is 0 Å². The first kappa shape index (κ1) is 17.0. The van der Waals surface area contributed by atoms with Crippen molar-refractivity contribution in [1.29, 1.82) is 0 Å². The van der Waals surface area contributed by atoms with Gasteiger partial charge in [0.25, 0.3) is 5.91 Å². The van der Waals surface area contributed by atoms with Crippen LogP contribution in [0.5, 0.6) is 0 Å². The molecular formula is C21H17NO2S2. The van der Waals surface area contributed by atoms with E-state index in [1.54, 1.807) is 0 Å². The van der Waals surface area contributed by atoms with Gasteiger partial charge in [0.1, 0.15) is 6.10 Å². The van der Waals surface area contributed by atoms with Crippen LogP contribution in [0.1, 0.15) is 31.1 Å². The summed E-state index contributed by atoms with van der Waals surface area (Å²) in [6.07, 6.45) is -0.595. The van der Waals surface area contributed by atoms with Crippen LogP contribution >= 0.6 is 22.7 Å². The Labute approximate surface area is 159 Å². The van der Waals surface area contributed by atoms with Crippen LogP contribution in [0, 0.1) is 0 Å². The lowest BCUT2D eigenvalue weighted by molar-refractivity contribution is 0.0953. The highest BCUT2D eigenvalue weighted by atomic mass is 32.1. The van der Waals surface area contributed by atoms with Crippen molar-refractivity contribution >= 4 is 39.4 Å². The van der Waals surface area contributed by atoms with Gasteiger partial charge in [0, 0.05) is 20.2 Å². The van der Waals surface area contributed by atoms with E-state index >= 15 is 0 Å². The Bertz CT molecular complexity index is 1030. The van der Waals surface area contributed by atoms with Gasteiger partial charge >= 0.3 is 0 Å². The van der Waals surface area contributed by atoms with Gasteiger partial charge in [-0.25, -0.2) is 0 Å². The maximum Gasteiger partial charge on any atom is 0.252 e. The quantitative estimate of drug-likeness (QED) is 0.514. The molecule has 2 N–H and O–H groups in total. The third-order valence-electron chi connectivity index (χ3n) is 4.22. The largest absolute Gasteiger partial charge is 0.382 e. The molecule has 0 radical (unpaired) electrons. The highest BCUT2D eigenvalue weighted by molar-refractivity contribution is 7.12. The molecule has 0 saturated carbocycles. The molecule has 130 valence electrons. The molecule has 0 unspecified atom stereocenters. The maximum absolute atomic E-state index is 12.6. The van der Waals surface area contributed by atoms with Gasteiger partial charge in [-0.15, -0.1) is 22.7 Å². The van der Waals surface area contributed by atoms with Gasteiger partial charge in [-0.3, -0.25) is 4.79 Å². The Morgan fingerprint density at radius 1 is 0.962 bits per heavy atom. The van der Waals surface area contributed by atoms with Crippen LogP contribution in [-0.2, 0) is 6.54 Å². The third kappa shape index (κ3) is 3.42. The minimum atomic E-state index is -0.595. The summed E-state index contributed by atoms with van der Waals surface area (Å²) in [5.74, 6) is -0.0874. The van der Waals surface area contributed by atoms with Crippen molar-refractivity contribution in [3.63, 3.8) is 0 Å². The van der Waals surface area contributed by atoms with Crippen molar-refractivity contribution in [2.75, 3.05) is 0 Å². The number of nitrogens with one attached hydrogen (secondary N) is 1. The summed E-state index contributed by atoms with van der Waals surface area (Å²) < 4.78 is 0. The number of benzene rings is 2. The number of hydrogen-bond donors (Lipinski definition) is 2. The van der Waals surface area contributed by atoms with Crippen molar-refractivity contribution in [3.8, 4) is 0 Å². The van der Waals surface area contributed by atoms with E-state index in [0.717, 1.165) is 25.4 Å². The maximum atomic E-state index is 12.6. The van der Waals surface area contributed by atoms with Gasteiger partial charge in [0.2, 0.25) is 0 Å². The van der Waals surface area contributed by atoms with Crippen LogP contribution in [0.3, 0.4) is 0 Å². The molecular weight excluding hydrogens is 362 g/mol. The fraction of sp³-hybridized carbons (Fsp3) is 0.0952. The molecule has 1 atom stereocenters. The van der Waals surface area contributed by atoms with Crippen molar-refractivity contribution in [2.24, 2.45) is 0 Å². The number of hydrogen-bond acceptors (Lipinski definition) is 4. The standard InChI is InChI=1S/C21H17NO2S2/c23-20(18-9-4-12-25-18)19-11-10-15(26-19)13-22-21(24)17-8-3-6-14-5-1-2-7-16(14)17/h1-12,20,23H,13H2,(H,22,24)/t20-/m0/s1. The summed E-state index contributed by atoms with van der Waals surface area (Å²) in [7, 11) is 0. The molecule has 26 heavy (non-hydrogen) atoms. The molecule has 1 amide bonds. The lowest BCUT2D eigenvalue weighted by Gasteiger charge is -2.07. The number of carbonyl (C=O) groups excluding carboxylic acids is 1. The summed E-state index contributed by atoms with van der Waals surface area (Å²) in [4.78, 5) is 15.4. The second-order valence-corrected chi connectivity index (χ2v) is 8.11. The first-order valence-corrected chi connectivity index (χ1v) is 9.98.